The van der Waals surface area contributed by atoms with Crippen LogP contribution in [0, 0.1) is 0 Å². The van der Waals surface area contributed by atoms with Gasteiger partial charge in [-0.25, -0.2) is 4.58 Å². The van der Waals surface area contributed by atoms with Gasteiger partial charge >= 0.3 is 0 Å². The number of aromatic carboxylic acids is 1. The maximum absolute atomic E-state index is 12.9. The molecule has 0 atom stereocenters. The smallest absolute Gasteiger partial charge is 0.253 e. The number of carboxylic acids is 1. The average molecular weight is 553 g/mol. The molecule has 0 saturated carbocycles. The quantitative estimate of drug-likeness (QED) is 0.208. The Morgan fingerprint density at radius 1 is 0.951 bits per heavy atom. The lowest BCUT2D eigenvalue weighted by atomic mass is 9.89. The molecule has 0 unspecified atom stereocenters. The van der Waals surface area contributed by atoms with Crippen LogP contribution in [0.2, 0.25) is 0 Å². The van der Waals surface area contributed by atoms with Gasteiger partial charge in [-0.1, -0.05) is 6.07 Å². The Kier molecular flexibility index (Phi) is 7.15. The molecule has 2 heterocycles. The Bertz CT molecular complexity index is 1800. The standard InChI is InChI=1S/C31H28N4O6/c1-33(2)19-6-9-22-25(16-19)41-26-17-20(34(3)4)7-10-23(26)29(22)21-8-5-18(15-24(21)31(39)40)30(38)32-13-14-35-27(36)11-12-28(35)37/h5-12,15-17H,13-14H2,1-4H3,(H-,32,38,39,40). The predicted molar refractivity (Wildman–Crippen MR) is 152 cm³/mol. The van der Waals surface area contributed by atoms with E-state index in [0.717, 1.165) is 15.9 Å². The molecular weight excluding hydrogens is 524 g/mol. The molecule has 5 rings (SSSR count). The van der Waals surface area contributed by atoms with Crippen molar-refractivity contribution in [2.45, 2.75) is 0 Å². The van der Waals surface area contributed by atoms with Gasteiger partial charge < -0.3 is 24.5 Å². The first-order valence-electron chi connectivity index (χ1n) is 12.9. The molecule has 1 N–H and O–H groups in total. The van der Waals surface area contributed by atoms with E-state index < -0.39 is 23.7 Å². The summed E-state index contributed by atoms with van der Waals surface area (Å²) in [5, 5.41) is 16.7. The number of imide groups is 1. The molecule has 2 aromatic rings. The monoisotopic (exact) mass is 552 g/mol. The third kappa shape index (κ3) is 5.19. The van der Waals surface area contributed by atoms with Gasteiger partial charge in [0.05, 0.1) is 12.0 Å². The fourth-order valence-corrected chi connectivity index (χ4v) is 4.82. The summed E-state index contributed by atoms with van der Waals surface area (Å²) < 4.78 is 8.26. The van der Waals surface area contributed by atoms with E-state index in [9.17, 15) is 24.3 Å². The second-order valence-corrected chi connectivity index (χ2v) is 10.1. The molecule has 2 aromatic carbocycles. The van der Waals surface area contributed by atoms with Gasteiger partial charge in [0.2, 0.25) is 5.36 Å². The molecular formula is C31H28N4O6. The second kappa shape index (κ2) is 10.7. The van der Waals surface area contributed by atoms with Crippen LogP contribution in [-0.4, -0.2) is 69.9 Å². The van der Waals surface area contributed by atoms with Crippen LogP contribution >= 0.6 is 0 Å². The fourth-order valence-electron chi connectivity index (χ4n) is 4.82. The number of amides is 3. The molecule has 41 heavy (non-hydrogen) atoms. The largest absolute Gasteiger partial charge is 0.545 e. The zero-order valence-corrected chi connectivity index (χ0v) is 23.1. The van der Waals surface area contributed by atoms with Crippen molar-refractivity contribution in [1.82, 2.24) is 14.8 Å². The third-order valence-corrected chi connectivity index (χ3v) is 7.01. The predicted octanol–water partition coefficient (Wildman–Crippen LogP) is 1.32. The average Bonchev–Trinajstić information content (AvgIpc) is 3.27. The van der Waals surface area contributed by atoms with Crippen molar-refractivity contribution in [3.05, 3.63) is 83.2 Å². The van der Waals surface area contributed by atoms with Crippen LogP contribution in [0.1, 0.15) is 20.7 Å². The minimum Gasteiger partial charge on any atom is -0.545 e. The molecule has 10 nitrogen and oxygen atoms in total. The van der Waals surface area contributed by atoms with Gasteiger partial charge in [0.15, 0.2) is 0 Å². The highest BCUT2D eigenvalue weighted by Crippen LogP contribution is 2.42. The minimum absolute atomic E-state index is 0.00278. The molecule has 0 aromatic heterocycles. The van der Waals surface area contributed by atoms with Crippen LogP contribution in [0.25, 0.3) is 33.4 Å². The number of carboxylic acid groups (broad SMARTS) is 1. The summed E-state index contributed by atoms with van der Waals surface area (Å²) in [4.78, 5) is 51.7. The summed E-state index contributed by atoms with van der Waals surface area (Å²) in [5.41, 5.74) is 3.15. The van der Waals surface area contributed by atoms with Gasteiger partial charge in [0, 0.05) is 84.8 Å². The fraction of sp³-hybridized carbons (Fsp3) is 0.194. The van der Waals surface area contributed by atoms with Crippen molar-refractivity contribution < 1.29 is 28.7 Å². The zero-order chi connectivity index (χ0) is 29.4. The first-order valence-corrected chi connectivity index (χ1v) is 12.9. The third-order valence-electron chi connectivity index (χ3n) is 7.01. The van der Waals surface area contributed by atoms with Crippen LogP contribution in [0.15, 0.2) is 71.2 Å². The molecule has 3 aliphatic rings. The number of fused-ring (bicyclic) bond motifs is 2. The van der Waals surface area contributed by atoms with Crippen LogP contribution in [-0.2, 0) is 9.59 Å². The van der Waals surface area contributed by atoms with Gasteiger partial charge in [-0.05, 0) is 35.9 Å². The topological polar surface area (TPSA) is 126 Å². The maximum Gasteiger partial charge on any atom is 0.253 e. The summed E-state index contributed by atoms with van der Waals surface area (Å²) in [6.07, 6.45) is 2.34. The van der Waals surface area contributed by atoms with Crippen LogP contribution < -0.4 is 25.3 Å². The highest BCUT2D eigenvalue weighted by Gasteiger charge is 2.24. The minimum atomic E-state index is -1.44. The van der Waals surface area contributed by atoms with Gasteiger partial charge in [0.1, 0.15) is 25.4 Å². The first kappa shape index (κ1) is 27.3. The Hall–Kier alpha value is -5.25. The van der Waals surface area contributed by atoms with E-state index in [2.05, 4.69) is 5.32 Å². The number of carbonyl (C=O) groups is 4. The normalized spacial score (nSPS) is 12.8. The number of rotatable bonds is 7. The molecule has 208 valence electrons. The molecule has 0 saturated heterocycles. The number of nitrogens with one attached hydrogen (secondary N) is 1. The molecule has 0 spiro atoms. The zero-order valence-electron chi connectivity index (χ0n) is 23.1. The Morgan fingerprint density at radius 2 is 1.66 bits per heavy atom. The number of carbonyl (C=O) groups excluding carboxylic acids is 4. The molecule has 0 bridgehead atoms. The first-order chi connectivity index (χ1) is 19.5. The molecule has 3 amide bonds. The molecule has 0 radical (unpaired) electrons. The van der Waals surface area contributed by atoms with Crippen LogP contribution in [0.4, 0.5) is 5.69 Å². The number of hydrogen-bond acceptors (Lipinski definition) is 7. The lowest BCUT2D eigenvalue weighted by Crippen LogP contribution is -2.38. The summed E-state index contributed by atoms with van der Waals surface area (Å²) >= 11 is 0. The van der Waals surface area contributed by atoms with Gasteiger partial charge in [-0.3, -0.25) is 19.3 Å². The van der Waals surface area contributed by atoms with Crippen molar-refractivity contribution >= 4 is 40.3 Å². The SMILES string of the molecule is CN(C)c1ccc2c(-c3ccc(C(=O)NCCN4C(=O)C=CC4=O)cc3C(=O)[O-])c3ccc(=[N+](C)C)cc-3oc2c1. The Balaban J connectivity index is 1.59. The van der Waals surface area contributed by atoms with Gasteiger partial charge in [-0.15, -0.1) is 0 Å². The van der Waals surface area contributed by atoms with Gasteiger partial charge in [-0.2, -0.15) is 0 Å². The molecule has 2 aliphatic heterocycles. The van der Waals surface area contributed by atoms with Crippen molar-refractivity contribution in [3.8, 4) is 22.5 Å². The van der Waals surface area contributed by atoms with E-state index in [-0.39, 0.29) is 24.2 Å². The number of anilines is 1. The number of benzene rings is 3. The van der Waals surface area contributed by atoms with E-state index in [0.29, 0.717) is 33.4 Å². The van der Waals surface area contributed by atoms with E-state index in [4.69, 9.17) is 4.42 Å². The number of hydrogen-bond donors (Lipinski definition) is 1. The lowest BCUT2D eigenvalue weighted by Gasteiger charge is -2.20. The van der Waals surface area contributed by atoms with Crippen LogP contribution in [0.3, 0.4) is 0 Å². The lowest BCUT2D eigenvalue weighted by molar-refractivity contribution is -0.254. The van der Waals surface area contributed by atoms with Crippen molar-refractivity contribution in [2.75, 3.05) is 46.2 Å². The second-order valence-electron chi connectivity index (χ2n) is 10.1. The van der Waals surface area contributed by atoms with E-state index >= 15 is 0 Å². The van der Waals surface area contributed by atoms with E-state index in [1.807, 2.05) is 74.1 Å². The van der Waals surface area contributed by atoms with Crippen LogP contribution in [0.5, 0.6) is 0 Å². The Labute approximate surface area is 235 Å². The Morgan fingerprint density at radius 3 is 2.32 bits per heavy atom. The van der Waals surface area contributed by atoms with E-state index in [1.54, 1.807) is 6.07 Å². The highest BCUT2D eigenvalue weighted by atomic mass is 16.4. The maximum atomic E-state index is 12.9. The molecule has 1 aliphatic carbocycles. The van der Waals surface area contributed by atoms with Crippen molar-refractivity contribution in [1.29, 1.82) is 0 Å². The highest BCUT2D eigenvalue weighted by molar-refractivity contribution is 6.13. The van der Waals surface area contributed by atoms with Crippen molar-refractivity contribution in [3.63, 3.8) is 0 Å². The van der Waals surface area contributed by atoms with E-state index in [1.165, 1.54) is 24.3 Å². The van der Waals surface area contributed by atoms with Gasteiger partial charge in [0.25, 0.3) is 17.7 Å². The molecule has 0 fully saturated rings. The summed E-state index contributed by atoms with van der Waals surface area (Å²) in [6.45, 7) is 0.00941. The summed E-state index contributed by atoms with van der Waals surface area (Å²) in [7, 11) is 7.68. The van der Waals surface area contributed by atoms with Crippen molar-refractivity contribution in [2.24, 2.45) is 0 Å². The summed E-state index contributed by atoms with van der Waals surface area (Å²) in [6, 6.07) is 15.8. The number of nitrogens with zero attached hydrogens (tertiary/aromatic N) is 3. The summed E-state index contributed by atoms with van der Waals surface area (Å²) in [5.74, 6) is -2.31. The molecule has 10 heteroatoms.